The van der Waals surface area contributed by atoms with Gasteiger partial charge < -0.3 is 24.5 Å². The highest BCUT2D eigenvalue weighted by Gasteiger charge is 2.55. The first-order valence-electron chi connectivity index (χ1n) is 13.0. The van der Waals surface area contributed by atoms with Crippen LogP contribution in [0.4, 0.5) is 4.39 Å². The lowest BCUT2D eigenvalue weighted by Gasteiger charge is -2.56. The minimum atomic E-state index is -0.728. The monoisotopic (exact) mass is 506 g/mol. The number of carbonyl (C=O) groups excluding carboxylic acids is 1. The van der Waals surface area contributed by atoms with E-state index in [1.807, 2.05) is 35.0 Å². The minimum absolute atomic E-state index is 0.0223. The molecule has 6 rings (SSSR count). The predicted octanol–water partition coefficient (Wildman–Crippen LogP) is 4.76. The van der Waals surface area contributed by atoms with Crippen LogP contribution >= 0.6 is 0 Å². The summed E-state index contributed by atoms with van der Waals surface area (Å²) in [6.07, 6.45) is 6.75. The normalized spacial score (nSPS) is 25.4. The number of aliphatic carboxylic acids is 1. The van der Waals surface area contributed by atoms with Gasteiger partial charge in [0, 0.05) is 37.0 Å². The third kappa shape index (κ3) is 4.70. The van der Waals surface area contributed by atoms with Gasteiger partial charge in [0.1, 0.15) is 17.7 Å². The van der Waals surface area contributed by atoms with Gasteiger partial charge in [0.2, 0.25) is 0 Å². The van der Waals surface area contributed by atoms with Crippen LogP contribution in [0.3, 0.4) is 0 Å². The summed E-state index contributed by atoms with van der Waals surface area (Å²) in [5.74, 6) is -0.742. The fraction of sp³-hybridized carbons (Fsp3) is 0.448. The van der Waals surface area contributed by atoms with E-state index in [1.165, 1.54) is 6.07 Å². The molecule has 194 valence electrons. The van der Waals surface area contributed by atoms with Gasteiger partial charge in [0.15, 0.2) is 0 Å². The summed E-state index contributed by atoms with van der Waals surface area (Å²) in [5, 5.41) is 12.7. The number of fused-ring (bicyclic) bond motifs is 1. The molecule has 3 aromatic rings. The Labute approximate surface area is 214 Å². The van der Waals surface area contributed by atoms with Crippen molar-refractivity contribution in [1.82, 2.24) is 9.88 Å². The summed E-state index contributed by atoms with van der Waals surface area (Å²) in [4.78, 5) is 24.4. The second-order valence-corrected chi connectivity index (χ2v) is 10.9. The molecular weight excluding hydrogens is 475 g/mol. The first-order chi connectivity index (χ1) is 17.9. The number of ether oxygens (including phenoxy) is 2. The van der Waals surface area contributed by atoms with Crippen LogP contribution in [-0.2, 0) is 16.1 Å². The number of hydrogen-bond acceptors (Lipinski definition) is 4. The summed E-state index contributed by atoms with van der Waals surface area (Å²) in [6, 6.07) is 12.5. The molecule has 2 aliphatic carbocycles. The number of benzene rings is 2. The van der Waals surface area contributed by atoms with E-state index in [-0.39, 0.29) is 35.2 Å². The highest BCUT2D eigenvalue weighted by molar-refractivity contribution is 6.06. The van der Waals surface area contributed by atoms with Crippen molar-refractivity contribution in [1.29, 1.82) is 0 Å². The van der Waals surface area contributed by atoms with Gasteiger partial charge in [-0.2, -0.15) is 0 Å². The van der Waals surface area contributed by atoms with Gasteiger partial charge in [-0.15, -0.1) is 0 Å². The molecule has 1 spiro atoms. The molecule has 1 amide bonds. The molecule has 2 heterocycles. The number of halogens is 1. The van der Waals surface area contributed by atoms with Gasteiger partial charge in [-0.1, -0.05) is 12.1 Å². The number of hydrogen-bond donors (Lipinski definition) is 2. The van der Waals surface area contributed by atoms with E-state index >= 15 is 0 Å². The molecule has 2 aromatic carbocycles. The molecule has 3 aliphatic rings. The standard InChI is InChI=1S/C29H31FN2O5/c30-25-6-5-24(27(33)31-20-15-29(16-20)13-19(14-29)28(34)35)26-23(25)7-10-32(26)17-18-1-3-21(4-2-18)37-22-8-11-36-12-9-22/h1-7,10,19-20,22H,8-9,11-17H2,(H,31,33)(H,34,35). The Morgan fingerprint density at radius 2 is 1.78 bits per heavy atom. The summed E-state index contributed by atoms with van der Waals surface area (Å²) in [5.41, 5.74) is 2.11. The SMILES string of the molecule is O=C(NC1CC2(C1)CC(C(=O)O)C2)c1ccc(F)c2ccn(Cc3ccc(OC4CCOCC4)cc3)c12. The van der Waals surface area contributed by atoms with Crippen molar-refractivity contribution in [3.63, 3.8) is 0 Å². The van der Waals surface area contributed by atoms with E-state index in [0.717, 1.165) is 50.2 Å². The van der Waals surface area contributed by atoms with Gasteiger partial charge in [-0.3, -0.25) is 9.59 Å². The first kappa shape index (κ1) is 24.0. The molecular formula is C29H31FN2O5. The smallest absolute Gasteiger partial charge is 0.306 e. The molecule has 1 saturated heterocycles. The average molecular weight is 507 g/mol. The van der Waals surface area contributed by atoms with E-state index in [2.05, 4.69) is 5.32 Å². The highest BCUT2D eigenvalue weighted by Crippen LogP contribution is 2.58. The molecule has 0 bridgehead atoms. The quantitative estimate of drug-likeness (QED) is 0.482. The van der Waals surface area contributed by atoms with Gasteiger partial charge in [-0.25, -0.2) is 4.39 Å². The fourth-order valence-corrected chi connectivity index (χ4v) is 6.31. The maximum absolute atomic E-state index is 14.6. The summed E-state index contributed by atoms with van der Waals surface area (Å²) in [6.45, 7) is 1.94. The third-order valence-electron chi connectivity index (χ3n) is 8.27. The Kier molecular flexibility index (Phi) is 6.15. The number of amides is 1. The zero-order valence-corrected chi connectivity index (χ0v) is 20.6. The lowest BCUT2D eigenvalue weighted by molar-refractivity contribution is -0.155. The number of carboxylic acid groups (broad SMARTS) is 1. The van der Waals surface area contributed by atoms with Crippen LogP contribution in [0, 0.1) is 17.2 Å². The number of rotatable bonds is 7. The van der Waals surface area contributed by atoms with E-state index in [4.69, 9.17) is 14.6 Å². The fourth-order valence-electron chi connectivity index (χ4n) is 6.31. The Morgan fingerprint density at radius 3 is 2.49 bits per heavy atom. The summed E-state index contributed by atoms with van der Waals surface area (Å²) in [7, 11) is 0. The number of carboxylic acids is 1. The number of nitrogens with one attached hydrogen (secondary N) is 1. The minimum Gasteiger partial charge on any atom is -0.490 e. The Bertz CT molecular complexity index is 1310. The zero-order chi connectivity index (χ0) is 25.6. The molecule has 7 nitrogen and oxygen atoms in total. The molecule has 2 N–H and O–H groups in total. The van der Waals surface area contributed by atoms with E-state index in [1.54, 1.807) is 12.1 Å². The van der Waals surface area contributed by atoms with Crippen LogP contribution in [-0.4, -0.2) is 46.9 Å². The van der Waals surface area contributed by atoms with Crippen molar-refractivity contribution in [2.45, 2.75) is 57.2 Å². The molecule has 1 aliphatic heterocycles. The van der Waals surface area contributed by atoms with Crippen LogP contribution in [0.1, 0.15) is 54.4 Å². The number of carbonyl (C=O) groups is 2. The average Bonchev–Trinajstić information content (AvgIpc) is 3.26. The van der Waals surface area contributed by atoms with E-state index in [9.17, 15) is 14.0 Å². The number of aromatic nitrogens is 1. The molecule has 0 unspecified atom stereocenters. The Hall–Kier alpha value is -3.39. The molecule has 0 radical (unpaired) electrons. The number of nitrogens with zero attached hydrogens (tertiary/aromatic N) is 1. The van der Waals surface area contributed by atoms with Crippen molar-refractivity contribution in [2.24, 2.45) is 11.3 Å². The van der Waals surface area contributed by atoms with Gasteiger partial charge in [0.25, 0.3) is 5.91 Å². The summed E-state index contributed by atoms with van der Waals surface area (Å²) >= 11 is 0. The van der Waals surface area contributed by atoms with Crippen LogP contribution in [0.2, 0.25) is 0 Å². The van der Waals surface area contributed by atoms with Crippen molar-refractivity contribution >= 4 is 22.8 Å². The molecule has 1 aromatic heterocycles. The third-order valence-corrected chi connectivity index (χ3v) is 8.27. The van der Waals surface area contributed by atoms with Crippen molar-refractivity contribution < 1.29 is 28.6 Å². The second kappa shape index (κ2) is 9.49. The van der Waals surface area contributed by atoms with Crippen molar-refractivity contribution in [3.8, 4) is 5.75 Å². The van der Waals surface area contributed by atoms with Gasteiger partial charge >= 0.3 is 5.97 Å². The Morgan fingerprint density at radius 1 is 1.05 bits per heavy atom. The largest absolute Gasteiger partial charge is 0.490 e. The Balaban J connectivity index is 1.14. The first-order valence-corrected chi connectivity index (χ1v) is 13.0. The van der Waals surface area contributed by atoms with Crippen LogP contribution in [0.15, 0.2) is 48.7 Å². The molecule has 2 saturated carbocycles. The maximum atomic E-state index is 14.6. The second-order valence-electron chi connectivity index (χ2n) is 10.9. The molecule has 0 atom stereocenters. The van der Waals surface area contributed by atoms with E-state index < -0.39 is 5.97 Å². The molecule has 3 fully saturated rings. The topological polar surface area (TPSA) is 89.8 Å². The lowest BCUT2D eigenvalue weighted by atomic mass is 9.50. The summed E-state index contributed by atoms with van der Waals surface area (Å²) < 4.78 is 28.0. The van der Waals surface area contributed by atoms with Crippen LogP contribution < -0.4 is 10.1 Å². The van der Waals surface area contributed by atoms with Gasteiger partial charge in [0.05, 0.1) is 30.2 Å². The predicted molar refractivity (Wildman–Crippen MR) is 135 cm³/mol. The van der Waals surface area contributed by atoms with Crippen molar-refractivity contribution in [2.75, 3.05) is 13.2 Å². The molecule has 8 heteroatoms. The van der Waals surface area contributed by atoms with Gasteiger partial charge in [-0.05, 0) is 67.0 Å². The maximum Gasteiger partial charge on any atom is 0.306 e. The lowest BCUT2D eigenvalue weighted by Crippen LogP contribution is -2.57. The zero-order valence-electron chi connectivity index (χ0n) is 20.6. The van der Waals surface area contributed by atoms with E-state index in [0.29, 0.717) is 35.9 Å². The highest BCUT2D eigenvalue weighted by atomic mass is 19.1. The van der Waals surface area contributed by atoms with Crippen LogP contribution in [0.25, 0.3) is 10.9 Å². The van der Waals surface area contributed by atoms with Crippen molar-refractivity contribution in [3.05, 3.63) is 65.6 Å². The van der Waals surface area contributed by atoms with Crippen LogP contribution in [0.5, 0.6) is 5.75 Å². The molecule has 37 heavy (non-hydrogen) atoms.